The lowest BCUT2D eigenvalue weighted by Crippen LogP contribution is -2.53. The van der Waals surface area contributed by atoms with Crippen LogP contribution in [0.25, 0.3) is 0 Å². The van der Waals surface area contributed by atoms with E-state index in [-0.39, 0.29) is 28.7 Å². The molecular formula is C19H27N5O4S. The Balaban J connectivity index is 2.45. The van der Waals surface area contributed by atoms with Crippen molar-refractivity contribution in [3.05, 3.63) is 34.7 Å². The van der Waals surface area contributed by atoms with Crippen molar-refractivity contribution in [2.24, 2.45) is 5.73 Å². The van der Waals surface area contributed by atoms with Gasteiger partial charge >= 0.3 is 0 Å². The Kier molecular flexibility index (Phi) is 7.02. The highest BCUT2D eigenvalue weighted by Crippen LogP contribution is 2.26. The second-order valence-electron chi connectivity index (χ2n) is 7.69. The molecule has 0 aliphatic rings. The van der Waals surface area contributed by atoms with Gasteiger partial charge in [-0.3, -0.25) is 14.4 Å². The fourth-order valence-electron chi connectivity index (χ4n) is 2.81. The molecule has 158 valence electrons. The molecule has 0 fully saturated rings. The maximum Gasteiger partial charge on any atom is 0.270 e. The number of anilines is 1. The largest absolute Gasteiger partial charge is 0.467 e. The summed E-state index contributed by atoms with van der Waals surface area (Å²) in [5, 5.41) is 2.93. The van der Waals surface area contributed by atoms with Crippen molar-refractivity contribution in [3.63, 3.8) is 0 Å². The van der Waals surface area contributed by atoms with Gasteiger partial charge in [-0.15, -0.1) is 0 Å². The molecule has 0 spiro atoms. The molecule has 0 aliphatic carbocycles. The number of amides is 3. The maximum atomic E-state index is 13.4. The van der Waals surface area contributed by atoms with E-state index in [2.05, 4.69) is 9.69 Å². The summed E-state index contributed by atoms with van der Waals surface area (Å²) in [6.45, 7) is 7.60. The smallest absolute Gasteiger partial charge is 0.270 e. The monoisotopic (exact) mass is 421 g/mol. The number of rotatable bonds is 8. The Morgan fingerprint density at radius 2 is 2.03 bits per heavy atom. The third-order valence-electron chi connectivity index (χ3n) is 4.06. The summed E-state index contributed by atoms with van der Waals surface area (Å²) >= 11 is 0.785. The van der Waals surface area contributed by atoms with Crippen LogP contribution in [0.15, 0.2) is 22.8 Å². The number of nitrogen functional groups attached to an aromatic ring is 1. The first kappa shape index (κ1) is 22.4. The summed E-state index contributed by atoms with van der Waals surface area (Å²) in [6.07, 6.45) is 2.61. The van der Waals surface area contributed by atoms with Gasteiger partial charge in [0, 0.05) is 5.54 Å². The lowest BCUT2D eigenvalue weighted by molar-refractivity contribution is -0.127. The minimum atomic E-state index is -0.814. The zero-order valence-corrected chi connectivity index (χ0v) is 17.8. The number of nitrogens with two attached hydrogens (primary N) is 2. The van der Waals surface area contributed by atoms with Crippen molar-refractivity contribution < 1.29 is 18.8 Å². The van der Waals surface area contributed by atoms with Gasteiger partial charge in [0.15, 0.2) is 5.69 Å². The SMILES string of the molecule is CCC[C@@H](C(=O)NC(C)(C)C)N(Cc1ccco1)C(=O)c1snc(C(N)=O)c1N. The van der Waals surface area contributed by atoms with Gasteiger partial charge in [0.25, 0.3) is 11.8 Å². The number of nitrogens with one attached hydrogen (secondary N) is 1. The molecule has 1 atom stereocenters. The van der Waals surface area contributed by atoms with Gasteiger partial charge in [-0.05, 0) is 50.9 Å². The van der Waals surface area contributed by atoms with E-state index in [1.165, 1.54) is 11.2 Å². The lowest BCUT2D eigenvalue weighted by Gasteiger charge is -2.32. The normalized spacial score (nSPS) is 12.4. The van der Waals surface area contributed by atoms with Gasteiger partial charge in [0.2, 0.25) is 5.91 Å². The van der Waals surface area contributed by atoms with E-state index in [0.29, 0.717) is 18.6 Å². The Morgan fingerprint density at radius 1 is 1.34 bits per heavy atom. The molecule has 0 saturated carbocycles. The van der Waals surface area contributed by atoms with Crippen LogP contribution in [0.3, 0.4) is 0 Å². The van der Waals surface area contributed by atoms with Gasteiger partial charge in [-0.25, -0.2) is 0 Å². The number of hydrogen-bond donors (Lipinski definition) is 3. The fraction of sp³-hybridized carbons (Fsp3) is 0.474. The topological polar surface area (TPSA) is 145 Å². The van der Waals surface area contributed by atoms with Crippen LogP contribution in [-0.4, -0.2) is 38.6 Å². The molecule has 0 aromatic carbocycles. The van der Waals surface area contributed by atoms with Crippen LogP contribution in [0.4, 0.5) is 5.69 Å². The zero-order valence-electron chi connectivity index (χ0n) is 17.0. The van der Waals surface area contributed by atoms with E-state index in [0.717, 1.165) is 11.5 Å². The highest BCUT2D eigenvalue weighted by Gasteiger charge is 2.34. The van der Waals surface area contributed by atoms with E-state index >= 15 is 0 Å². The fourth-order valence-corrected chi connectivity index (χ4v) is 3.57. The molecule has 0 radical (unpaired) electrons. The van der Waals surface area contributed by atoms with Crippen LogP contribution in [0.2, 0.25) is 0 Å². The molecule has 9 nitrogen and oxygen atoms in total. The van der Waals surface area contributed by atoms with E-state index in [1.807, 2.05) is 27.7 Å². The van der Waals surface area contributed by atoms with Gasteiger partial charge in [0.05, 0.1) is 18.5 Å². The summed E-state index contributed by atoms with van der Waals surface area (Å²) in [4.78, 5) is 39.3. The van der Waals surface area contributed by atoms with E-state index < -0.39 is 23.4 Å². The average molecular weight is 422 g/mol. The van der Waals surface area contributed by atoms with Gasteiger partial charge in [-0.1, -0.05) is 13.3 Å². The first-order chi connectivity index (χ1) is 13.5. The van der Waals surface area contributed by atoms with Gasteiger partial charge in [0.1, 0.15) is 16.7 Å². The van der Waals surface area contributed by atoms with Crippen LogP contribution < -0.4 is 16.8 Å². The molecule has 0 bridgehead atoms. The molecule has 3 amide bonds. The molecule has 2 rings (SSSR count). The standard InChI is InChI=1S/C19H27N5O4S/c1-5-7-12(17(26)22-19(2,3)4)24(10-11-8-6-9-28-11)18(27)15-13(20)14(16(21)25)23-29-15/h6,8-9,12H,5,7,10,20H2,1-4H3,(H2,21,25)(H,22,26)/t12-/m0/s1. The van der Waals surface area contributed by atoms with E-state index in [9.17, 15) is 14.4 Å². The number of aromatic nitrogens is 1. The number of carbonyl (C=O) groups is 3. The maximum absolute atomic E-state index is 13.4. The highest BCUT2D eigenvalue weighted by atomic mass is 32.1. The van der Waals surface area contributed by atoms with Crippen molar-refractivity contribution in [3.8, 4) is 0 Å². The molecule has 2 heterocycles. The predicted molar refractivity (Wildman–Crippen MR) is 110 cm³/mol. The van der Waals surface area contributed by atoms with Gasteiger partial charge in [-0.2, -0.15) is 4.37 Å². The number of furan rings is 1. The Morgan fingerprint density at radius 3 is 2.52 bits per heavy atom. The molecule has 0 saturated heterocycles. The number of carbonyl (C=O) groups excluding carboxylic acids is 3. The second-order valence-corrected chi connectivity index (χ2v) is 8.47. The van der Waals surface area contributed by atoms with E-state index in [1.54, 1.807) is 12.1 Å². The third-order valence-corrected chi connectivity index (χ3v) is 4.91. The summed E-state index contributed by atoms with van der Waals surface area (Å²) in [7, 11) is 0. The van der Waals surface area contributed by atoms with Gasteiger partial charge < -0.3 is 26.1 Å². The summed E-state index contributed by atoms with van der Waals surface area (Å²) in [6, 6.07) is 2.67. The average Bonchev–Trinajstić information content (AvgIpc) is 3.25. The first-order valence-electron chi connectivity index (χ1n) is 9.25. The quantitative estimate of drug-likeness (QED) is 0.595. The lowest BCUT2D eigenvalue weighted by atomic mass is 10.0. The summed E-state index contributed by atoms with van der Waals surface area (Å²) in [5.74, 6) is -1.09. The Hall–Kier alpha value is -2.88. The third kappa shape index (κ3) is 5.57. The van der Waals surface area contributed by atoms with Crippen LogP contribution >= 0.6 is 11.5 Å². The highest BCUT2D eigenvalue weighted by molar-refractivity contribution is 7.09. The second kappa shape index (κ2) is 9.08. The number of nitrogens with zero attached hydrogens (tertiary/aromatic N) is 2. The van der Waals surface area contributed by atoms with Crippen molar-refractivity contribution in [2.75, 3.05) is 5.73 Å². The zero-order chi connectivity index (χ0) is 21.8. The Labute approximate surface area is 173 Å². The van der Waals surface area contributed by atoms with Crippen molar-refractivity contribution >= 4 is 34.9 Å². The molecule has 2 aromatic rings. The molecule has 0 aliphatic heterocycles. The summed E-state index contributed by atoms with van der Waals surface area (Å²) in [5.41, 5.74) is 10.5. The van der Waals surface area contributed by atoms with E-state index in [4.69, 9.17) is 15.9 Å². The number of hydrogen-bond acceptors (Lipinski definition) is 7. The summed E-state index contributed by atoms with van der Waals surface area (Å²) < 4.78 is 9.29. The van der Waals surface area contributed by atoms with Crippen molar-refractivity contribution in [1.82, 2.24) is 14.6 Å². The van der Waals surface area contributed by atoms with Crippen LogP contribution in [-0.2, 0) is 11.3 Å². The molecule has 0 unspecified atom stereocenters. The van der Waals surface area contributed by atoms with Crippen molar-refractivity contribution in [2.45, 2.75) is 58.7 Å². The molecule has 2 aromatic heterocycles. The molecule has 10 heteroatoms. The van der Waals surface area contributed by atoms with Crippen molar-refractivity contribution in [1.29, 1.82) is 0 Å². The minimum absolute atomic E-state index is 0.0648. The van der Waals surface area contributed by atoms with Crippen LogP contribution in [0.1, 0.15) is 66.5 Å². The first-order valence-corrected chi connectivity index (χ1v) is 10.0. The van der Waals surface area contributed by atoms with Crippen LogP contribution in [0, 0.1) is 0 Å². The number of primary amides is 1. The predicted octanol–water partition coefficient (Wildman–Crippen LogP) is 2.14. The molecule has 5 N–H and O–H groups in total. The molecular weight excluding hydrogens is 394 g/mol. The minimum Gasteiger partial charge on any atom is -0.467 e. The van der Waals surface area contributed by atoms with Crippen LogP contribution in [0.5, 0.6) is 0 Å². The Bertz CT molecular complexity index is 870. The molecule has 29 heavy (non-hydrogen) atoms.